The Morgan fingerprint density at radius 3 is 1.88 bits per heavy atom. The Hall–Kier alpha value is -0.140. The molecule has 17 heavy (non-hydrogen) atoms. The highest BCUT2D eigenvalue weighted by molar-refractivity contribution is 7.94. The molecule has 0 heterocycles. The minimum absolute atomic E-state index is 0.0312. The van der Waals surface area contributed by atoms with Crippen LogP contribution in [0.1, 0.15) is 27.2 Å². The predicted molar refractivity (Wildman–Crippen MR) is 70.7 cm³/mol. The quantitative estimate of drug-likeness (QED) is 0.677. The van der Waals surface area contributed by atoms with Crippen molar-refractivity contribution in [3.05, 3.63) is 0 Å². The summed E-state index contributed by atoms with van der Waals surface area (Å²) in [5.41, 5.74) is -0.0312. The lowest BCUT2D eigenvalue weighted by Gasteiger charge is -2.20. The van der Waals surface area contributed by atoms with E-state index in [4.69, 9.17) is 0 Å². The van der Waals surface area contributed by atoms with E-state index in [-0.39, 0.29) is 22.8 Å². The molecule has 104 valence electrons. The van der Waals surface area contributed by atoms with Crippen molar-refractivity contribution in [1.29, 1.82) is 0 Å². The van der Waals surface area contributed by atoms with Crippen molar-refractivity contribution >= 4 is 19.7 Å². The van der Waals surface area contributed by atoms with Gasteiger partial charge in [0.1, 0.15) is 9.84 Å². The van der Waals surface area contributed by atoms with Crippen molar-refractivity contribution in [1.82, 2.24) is 5.32 Å². The standard InChI is InChI=1S/C10H23NO4S2/c1-10(2,3)11-6-5-7-17(14,15)9-8-16(4,12)13/h11H,5-9H2,1-4H3. The van der Waals surface area contributed by atoms with Crippen molar-refractivity contribution in [2.45, 2.75) is 32.7 Å². The molecular weight excluding hydrogens is 262 g/mol. The Morgan fingerprint density at radius 2 is 1.47 bits per heavy atom. The molecule has 0 aromatic carbocycles. The van der Waals surface area contributed by atoms with Gasteiger partial charge < -0.3 is 5.32 Å². The average Bonchev–Trinajstić information content (AvgIpc) is 2.07. The second-order valence-corrected chi connectivity index (χ2v) is 9.88. The van der Waals surface area contributed by atoms with Crippen LogP contribution in [0.25, 0.3) is 0 Å². The summed E-state index contributed by atoms with van der Waals surface area (Å²) >= 11 is 0. The summed E-state index contributed by atoms with van der Waals surface area (Å²) < 4.78 is 44.7. The molecule has 0 saturated heterocycles. The van der Waals surface area contributed by atoms with Gasteiger partial charge in [-0.3, -0.25) is 0 Å². The van der Waals surface area contributed by atoms with Gasteiger partial charge in [-0.05, 0) is 33.7 Å². The lowest BCUT2D eigenvalue weighted by Crippen LogP contribution is -2.37. The summed E-state index contributed by atoms with van der Waals surface area (Å²) in [5.74, 6) is -0.533. The second kappa shape index (κ2) is 6.15. The normalized spacial score (nSPS) is 13.9. The Bertz CT molecular complexity index is 418. The van der Waals surface area contributed by atoms with Gasteiger partial charge >= 0.3 is 0 Å². The molecule has 0 spiro atoms. The topological polar surface area (TPSA) is 80.3 Å². The Kier molecular flexibility index (Phi) is 6.10. The minimum atomic E-state index is -3.25. The summed E-state index contributed by atoms with van der Waals surface area (Å²) in [6, 6.07) is 0. The molecule has 0 rings (SSSR count). The largest absolute Gasteiger partial charge is 0.312 e. The molecule has 0 aliphatic rings. The summed E-state index contributed by atoms with van der Waals surface area (Å²) in [6.45, 7) is 6.63. The second-order valence-electron chi connectivity index (χ2n) is 5.31. The highest BCUT2D eigenvalue weighted by atomic mass is 32.2. The molecule has 0 amide bonds. The first kappa shape index (κ1) is 16.9. The van der Waals surface area contributed by atoms with Gasteiger partial charge in [0, 0.05) is 11.8 Å². The van der Waals surface area contributed by atoms with Crippen molar-refractivity contribution < 1.29 is 16.8 Å². The molecule has 0 aromatic heterocycles. The van der Waals surface area contributed by atoms with E-state index in [0.717, 1.165) is 6.26 Å². The van der Waals surface area contributed by atoms with Crippen LogP contribution in [0.15, 0.2) is 0 Å². The number of hydrogen-bond donors (Lipinski definition) is 1. The van der Waals surface area contributed by atoms with Gasteiger partial charge in [0.15, 0.2) is 9.84 Å². The van der Waals surface area contributed by atoms with Gasteiger partial charge in [-0.2, -0.15) is 0 Å². The zero-order valence-electron chi connectivity index (χ0n) is 11.0. The third-order valence-electron chi connectivity index (χ3n) is 2.05. The SMILES string of the molecule is CC(C)(C)NCCCS(=O)(=O)CCS(C)(=O)=O. The predicted octanol–water partition coefficient (Wildman–Crippen LogP) is 0.224. The van der Waals surface area contributed by atoms with E-state index < -0.39 is 19.7 Å². The lowest BCUT2D eigenvalue weighted by molar-refractivity contribution is 0.426. The fourth-order valence-corrected chi connectivity index (χ4v) is 4.15. The molecule has 0 unspecified atom stereocenters. The molecule has 0 saturated carbocycles. The monoisotopic (exact) mass is 285 g/mol. The van der Waals surface area contributed by atoms with Crippen LogP contribution in [0.2, 0.25) is 0 Å². The number of hydrogen-bond acceptors (Lipinski definition) is 5. The molecule has 0 aliphatic heterocycles. The van der Waals surface area contributed by atoms with Crippen LogP contribution in [0, 0.1) is 0 Å². The van der Waals surface area contributed by atoms with E-state index in [1.165, 1.54) is 0 Å². The maximum Gasteiger partial charge on any atom is 0.151 e. The van der Waals surface area contributed by atoms with Crippen LogP contribution < -0.4 is 5.32 Å². The highest BCUT2D eigenvalue weighted by Gasteiger charge is 2.15. The van der Waals surface area contributed by atoms with Crippen LogP contribution in [0.5, 0.6) is 0 Å². The molecular formula is C10H23NO4S2. The number of nitrogens with one attached hydrogen (secondary N) is 1. The van der Waals surface area contributed by atoms with Gasteiger partial charge in [-0.25, -0.2) is 16.8 Å². The van der Waals surface area contributed by atoms with Crippen LogP contribution in [0.4, 0.5) is 0 Å². The van der Waals surface area contributed by atoms with E-state index in [1.54, 1.807) is 0 Å². The van der Waals surface area contributed by atoms with Gasteiger partial charge in [-0.15, -0.1) is 0 Å². The first-order valence-corrected chi connectivity index (χ1v) is 9.43. The maximum absolute atomic E-state index is 11.5. The lowest BCUT2D eigenvalue weighted by atomic mass is 10.1. The molecule has 0 atom stereocenters. The third kappa shape index (κ3) is 12.1. The van der Waals surface area contributed by atoms with E-state index in [0.29, 0.717) is 13.0 Å². The summed E-state index contributed by atoms with van der Waals surface area (Å²) in [5, 5.41) is 3.18. The molecule has 0 aromatic rings. The minimum Gasteiger partial charge on any atom is -0.312 e. The van der Waals surface area contributed by atoms with Gasteiger partial charge in [0.05, 0.1) is 17.3 Å². The number of rotatable bonds is 7. The van der Waals surface area contributed by atoms with Gasteiger partial charge in [0.25, 0.3) is 0 Å². The molecule has 5 nitrogen and oxygen atoms in total. The van der Waals surface area contributed by atoms with Crippen molar-refractivity contribution in [3.8, 4) is 0 Å². The molecule has 1 N–H and O–H groups in total. The van der Waals surface area contributed by atoms with Crippen LogP contribution in [-0.2, 0) is 19.7 Å². The highest BCUT2D eigenvalue weighted by Crippen LogP contribution is 2.00. The van der Waals surface area contributed by atoms with Crippen molar-refractivity contribution in [3.63, 3.8) is 0 Å². The molecule has 0 bridgehead atoms. The van der Waals surface area contributed by atoms with Gasteiger partial charge in [-0.1, -0.05) is 0 Å². The van der Waals surface area contributed by atoms with E-state index >= 15 is 0 Å². The first-order chi connectivity index (χ1) is 7.41. The Labute approximate surface area is 105 Å². The fraction of sp³-hybridized carbons (Fsp3) is 1.00. The van der Waals surface area contributed by atoms with E-state index in [1.807, 2.05) is 20.8 Å². The first-order valence-electron chi connectivity index (χ1n) is 5.54. The summed E-state index contributed by atoms with van der Waals surface area (Å²) in [7, 11) is -6.46. The Balaban J connectivity index is 3.96. The molecule has 7 heteroatoms. The van der Waals surface area contributed by atoms with Crippen LogP contribution in [0.3, 0.4) is 0 Å². The van der Waals surface area contributed by atoms with Crippen LogP contribution in [-0.4, -0.2) is 52.4 Å². The third-order valence-corrected chi connectivity index (χ3v) is 4.99. The molecule has 0 radical (unpaired) electrons. The molecule has 0 fully saturated rings. The van der Waals surface area contributed by atoms with Crippen LogP contribution >= 0.6 is 0 Å². The van der Waals surface area contributed by atoms with E-state index in [9.17, 15) is 16.8 Å². The van der Waals surface area contributed by atoms with Crippen molar-refractivity contribution in [2.75, 3.05) is 30.1 Å². The maximum atomic E-state index is 11.5. The fourth-order valence-electron chi connectivity index (χ4n) is 1.14. The zero-order valence-corrected chi connectivity index (χ0v) is 12.6. The summed E-state index contributed by atoms with van der Waals surface area (Å²) in [4.78, 5) is 0. The smallest absolute Gasteiger partial charge is 0.151 e. The van der Waals surface area contributed by atoms with Gasteiger partial charge in [0.2, 0.25) is 0 Å². The summed E-state index contributed by atoms with van der Waals surface area (Å²) in [6.07, 6.45) is 1.55. The molecule has 0 aliphatic carbocycles. The number of sulfone groups is 2. The Morgan fingerprint density at radius 1 is 0.941 bits per heavy atom. The average molecular weight is 285 g/mol. The van der Waals surface area contributed by atoms with Crippen molar-refractivity contribution in [2.24, 2.45) is 0 Å². The zero-order chi connectivity index (χ0) is 13.7. The van der Waals surface area contributed by atoms with E-state index in [2.05, 4.69) is 5.32 Å².